The summed E-state index contributed by atoms with van der Waals surface area (Å²) in [7, 11) is 0. The summed E-state index contributed by atoms with van der Waals surface area (Å²) in [6.45, 7) is -1.04. The van der Waals surface area contributed by atoms with Crippen LogP contribution >= 0.6 is 0 Å². The first-order valence-electron chi connectivity index (χ1n) is 2.76. The Morgan fingerprint density at radius 3 is 1.44 bits per heavy atom. The molecule has 0 radical (unpaired) electrons. The highest BCUT2D eigenvalue weighted by molar-refractivity contribution is 4.64. The number of aliphatic hydroxyl groups excluding tert-OH is 4. The molecule has 0 aliphatic carbocycles. The smallest absolute Gasteiger partial charge is 0.0842 e. The highest BCUT2D eigenvalue weighted by Crippen LogP contribution is 1.99. The zero-order valence-electron chi connectivity index (χ0n) is 5.06. The fourth-order valence-corrected chi connectivity index (χ4v) is 0.450. The van der Waals surface area contributed by atoms with Crippen LogP contribution in [0.1, 0.15) is 0 Å². The summed E-state index contributed by atoms with van der Waals surface area (Å²) in [6.07, 6.45) is -1.01. The molecule has 1 atom stereocenters. The molecule has 0 fully saturated rings. The molecular weight excluding hydrogens is 124 g/mol. The molecule has 0 amide bonds. The van der Waals surface area contributed by atoms with Crippen molar-refractivity contribution in [2.24, 2.45) is 5.92 Å². The van der Waals surface area contributed by atoms with Crippen LogP contribution < -0.4 is 0 Å². The van der Waals surface area contributed by atoms with Gasteiger partial charge in [0, 0.05) is 5.92 Å². The van der Waals surface area contributed by atoms with Gasteiger partial charge in [0.2, 0.25) is 0 Å². The van der Waals surface area contributed by atoms with E-state index in [2.05, 4.69) is 0 Å². The molecular formula is C5H12O4. The summed E-state index contributed by atoms with van der Waals surface area (Å²) in [5.74, 6) is -0.616. The standard InChI is InChI=1S/C5H12O4/c6-1-4(2-7)5(9)3-8/h4-9H,1-3H2. The van der Waals surface area contributed by atoms with Gasteiger partial charge in [-0.05, 0) is 0 Å². The van der Waals surface area contributed by atoms with E-state index in [0.29, 0.717) is 0 Å². The van der Waals surface area contributed by atoms with Gasteiger partial charge in [-0.3, -0.25) is 0 Å². The van der Waals surface area contributed by atoms with Crippen molar-refractivity contribution in [2.75, 3.05) is 19.8 Å². The zero-order valence-corrected chi connectivity index (χ0v) is 5.06. The van der Waals surface area contributed by atoms with Crippen molar-refractivity contribution < 1.29 is 20.4 Å². The highest BCUT2D eigenvalue weighted by atomic mass is 16.3. The lowest BCUT2D eigenvalue weighted by Crippen LogP contribution is -2.29. The normalized spacial score (nSPS) is 14.3. The van der Waals surface area contributed by atoms with Crippen LogP contribution in [0.25, 0.3) is 0 Å². The van der Waals surface area contributed by atoms with Crippen LogP contribution in [0.3, 0.4) is 0 Å². The van der Waals surface area contributed by atoms with Crippen LogP contribution in [0.15, 0.2) is 0 Å². The van der Waals surface area contributed by atoms with E-state index in [-0.39, 0.29) is 13.2 Å². The second-order valence-corrected chi connectivity index (χ2v) is 1.88. The van der Waals surface area contributed by atoms with Crippen LogP contribution in [0.2, 0.25) is 0 Å². The minimum absolute atomic E-state index is 0.307. The Labute approximate surface area is 53.4 Å². The van der Waals surface area contributed by atoms with Gasteiger partial charge in [-0.15, -0.1) is 0 Å². The SMILES string of the molecule is OCC(O)C(CO)CO. The third kappa shape index (κ3) is 2.76. The van der Waals surface area contributed by atoms with Gasteiger partial charge >= 0.3 is 0 Å². The maximum absolute atomic E-state index is 8.75. The van der Waals surface area contributed by atoms with E-state index in [1.807, 2.05) is 0 Å². The summed E-state index contributed by atoms with van der Waals surface area (Å²) in [4.78, 5) is 0. The van der Waals surface area contributed by atoms with Gasteiger partial charge < -0.3 is 20.4 Å². The Balaban J connectivity index is 3.50. The Morgan fingerprint density at radius 2 is 1.33 bits per heavy atom. The summed E-state index contributed by atoms with van der Waals surface area (Å²) in [6, 6.07) is 0. The van der Waals surface area contributed by atoms with Crippen LogP contribution in [0.4, 0.5) is 0 Å². The monoisotopic (exact) mass is 136 g/mol. The Hall–Kier alpha value is -0.160. The molecule has 4 N–H and O–H groups in total. The second kappa shape index (κ2) is 4.69. The molecule has 0 aromatic rings. The topological polar surface area (TPSA) is 80.9 Å². The number of rotatable bonds is 4. The molecule has 9 heavy (non-hydrogen) atoms. The summed E-state index contributed by atoms with van der Waals surface area (Å²) < 4.78 is 0. The van der Waals surface area contributed by atoms with Gasteiger partial charge in [0.25, 0.3) is 0 Å². The predicted molar refractivity (Wildman–Crippen MR) is 30.8 cm³/mol. The van der Waals surface area contributed by atoms with Gasteiger partial charge in [-0.1, -0.05) is 0 Å². The predicted octanol–water partition coefficient (Wildman–Crippen LogP) is -2.06. The van der Waals surface area contributed by atoms with Crippen molar-refractivity contribution in [1.82, 2.24) is 0 Å². The number of hydrogen-bond acceptors (Lipinski definition) is 4. The van der Waals surface area contributed by atoms with Gasteiger partial charge in [-0.2, -0.15) is 0 Å². The molecule has 0 aromatic heterocycles. The third-order valence-electron chi connectivity index (χ3n) is 1.20. The van der Waals surface area contributed by atoms with Crippen molar-refractivity contribution in [1.29, 1.82) is 0 Å². The van der Waals surface area contributed by atoms with Crippen molar-refractivity contribution in [3.63, 3.8) is 0 Å². The fourth-order valence-electron chi connectivity index (χ4n) is 0.450. The number of hydrogen-bond donors (Lipinski definition) is 4. The van der Waals surface area contributed by atoms with Gasteiger partial charge in [0.1, 0.15) is 0 Å². The fraction of sp³-hybridized carbons (Fsp3) is 1.00. The molecule has 0 spiro atoms. The molecule has 4 nitrogen and oxygen atoms in total. The van der Waals surface area contributed by atoms with Crippen LogP contribution in [0, 0.1) is 5.92 Å². The first-order valence-corrected chi connectivity index (χ1v) is 2.76. The van der Waals surface area contributed by atoms with Gasteiger partial charge in [0.05, 0.1) is 25.9 Å². The maximum atomic E-state index is 8.75. The van der Waals surface area contributed by atoms with E-state index in [9.17, 15) is 0 Å². The average molecular weight is 136 g/mol. The molecule has 0 aliphatic heterocycles. The quantitative estimate of drug-likeness (QED) is 0.358. The summed E-state index contributed by atoms with van der Waals surface area (Å²) >= 11 is 0. The Kier molecular flexibility index (Phi) is 4.61. The highest BCUT2D eigenvalue weighted by Gasteiger charge is 2.15. The minimum atomic E-state index is -1.01. The van der Waals surface area contributed by atoms with E-state index >= 15 is 0 Å². The van der Waals surface area contributed by atoms with Crippen molar-refractivity contribution in [3.05, 3.63) is 0 Å². The summed E-state index contributed by atoms with van der Waals surface area (Å²) in [5.41, 5.74) is 0. The maximum Gasteiger partial charge on any atom is 0.0842 e. The zero-order chi connectivity index (χ0) is 7.28. The van der Waals surface area contributed by atoms with Gasteiger partial charge in [-0.25, -0.2) is 0 Å². The van der Waals surface area contributed by atoms with Crippen molar-refractivity contribution in [2.45, 2.75) is 6.10 Å². The summed E-state index contributed by atoms with van der Waals surface area (Å²) in [5, 5.41) is 33.8. The molecule has 0 heterocycles. The molecule has 56 valence electrons. The molecule has 0 rings (SSSR count). The van der Waals surface area contributed by atoms with Crippen molar-refractivity contribution in [3.8, 4) is 0 Å². The Morgan fingerprint density at radius 1 is 0.889 bits per heavy atom. The van der Waals surface area contributed by atoms with Crippen molar-refractivity contribution >= 4 is 0 Å². The molecule has 1 unspecified atom stereocenters. The lowest BCUT2D eigenvalue weighted by atomic mass is 10.1. The van der Waals surface area contributed by atoms with Gasteiger partial charge in [0.15, 0.2) is 0 Å². The van der Waals surface area contributed by atoms with E-state index in [1.54, 1.807) is 0 Å². The lowest BCUT2D eigenvalue weighted by molar-refractivity contribution is -0.00156. The van der Waals surface area contributed by atoms with E-state index in [1.165, 1.54) is 0 Å². The molecule has 0 aromatic carbocycles. The molecule has 0 bridgehead atoms. The molecule has 0 saturated heterocycles. The van der Waals surface area contributed by atoms with E-state index in [0.717, 1.165) is 0 Å². The first-order chi connectivity index (χ1) is 4.26. The third-order valence-corrected chi connectivity index (χ3v) is 1.20. The van der Waals surface area contributed by atoms with Crippen LogP contribution in [0.5, 0.6) is 0 Å². The largest absolute Gasteiger partial charge is 0.396 e. The van der Waals surface area contributed by atoms with E-state index in [4.69, 9.17) is 20.4 Å². The van der Waals surface area contributed by atoms with Crippen LogP contribution in [-0.2, 0) is 0 Å². The minimum Gasteiger partial charge on any atom is -0.396 e. The van der Waals surface area contributed by atoms with Crippen LogP contribution in [-0.4, -0.2) is 46.4 Å². The van der Waals surface area contributed by atoms with E-state index < -0.39 is 18.6 Å². The Bertz CT molecular complexity index is 62.0. The lowest BCUT2D eigenvalue weighted by Gasteiger charge is -2.15. The molecule has 4 heteroatoms. The second-order valence-electron chi connectivity index (χ2n) is 1.88. The number of aliphatic hydroxyl groups is 4. The molecule has 0 saturated carbocycles. The first kappa shape index (κ1) is 8.84. The average Bonchev–Trinajstić information content (AvgIpc) is 1.90. The molecule has 0 aliphatic rings.